The summed E-state index contributed by atoms with van der Waals surface area (Å²) in [6.45, 7) is 1.05. The smallest absolute Gasteiger partial charge is 0.321 e. The first kappa shape index (κ1) is 29.2. The molecule has 2 fully saturated rings. The molecule has 2 aromatic heterocycles. The fraction of sp³-hybridized carbons (Fsp3) is 0.367. The van der Waals surface area contributed by atoms with Gasteiger partial charge in [-0.1, -0.05) is 18.2 Å². The third-order valence-corrected chi connectivity index (χ3v) is 8.21. The van der Waals surface area contributed by atoms with Gasteiger partial charge in [-0.15, -0.1) is 0 Å². The van der Waals surface area contributed by atoms with E-state index in [1.807, 2.05) is 30.3 Å². The molecule has 6 rings (SSSR count). The van der Waals surface area contributed by atoms with Crippen molar-refractivity contribution in [3.63, 3.8) is 0 Å². The molecule has 1 unspecified atom stereocenters. The Labute approximate surface area is 251 Å². The topological polar surface area (TPSA) is 143 Å². The summed E-state index contributed by atoms with van der Waals surface area (Å²) >= 11 is 0. The van der Waals surface area contributed by atoms with Gasteiger partial charge < -0.3 is 26.6 Å². The number of halogens is 3. The number of hydrogen-bond acceptors (Lipinski definition) is 7. The number of carbonyl (C=O) groups is 2. The number of rotatable bonds is 7. The first-order chi connectivity index (χ1) is 21.2. The van der Waals surface area contributed by atoms with Gasteiger partial charge in [0.2, 0.25) is 17.8 Å². The number of nitrogens with zero attached hydrogens (tertiary/aromatic N) is 5. The number of piperidine rings is 1. The van der Waals surface area contributed by atoms with Crippen LogP contribution in [0.4, 0.5) is 41.2 Å². The molecule has 3 heterocycles. The van der Waals surface area contributed by atoms with Crippen LogP contribution in [-0.2, 0) is 4.79 Å². The molecule has 3 amide bonds. The Bertz CT molecular complexity index is 1650. The second-order valence-corrected chi connectivity index (χ2v) is 11.2. The molecule has 2 aromatic carbocycles. The van der Waals surface area contributed by atoms with E-state index in [4.69, 9.17) is 10.7 Å². The molecule has 44 heavy (non-hydrogen) atoms. The molecule has 2 aliphatic rings. The Balaban J connectivity index is 1.26. The molecular formula is C30H32F3N9O2. The van der Waals surface area contributed by atoms with Gasteiger partial charge >= 0.3 is 6.03 Å². The summed E-state index contributed by atoms with van der Waals surface area (Å²) in [6, 6.07) is 9.89. The molecule has 230 valence electrons. The number of benzene rings is 2. The standard InChI is InChI=1S/C30H32F3N9O2/c31-18-13-22(32)25(23(33)14-18)39-29-38-24-15-35-28(40-27(24)42(29)21-10-8-17(9-11-21)26(34)43)36-20-7-4-12-41(16-20)30(44)37-19-5-2-1-3-6-19/h1-3,5-6,13-15,17,20-21H,4,7-12,16H2,(H2,34,43)(H,37,44)(H,38,39)(H,35,36,40). The minimum atomic E-state index is -1.11. The molecule has 1 saturated carbocycles. The van der Waals surface area contributed by atoms with Crippen LogP contribution < -0.4 is 21.7 Å². The maximum atomic E-state index is 14.6. The molecule has 1 atom stereocenters. The summed E-state index contributed by atoms with van der Waals surface area (Å²) in [5.41, 5.74) is 6.50. The second kappa shape index (κ2) is 12.4. The molecular weight excluding hydrogens is 575 g/mol. The molecule has 1 aliphatic heterocycles. The van der Waals surface area contributed by atoms with E-state index >= 15 is 0 Å². The highest BCUT2D eigenvalue weighted by molar-refractivity contribution is 5.89. The highest BCUT2D eigenvalue weighted by Gasteiger charge is 2.30. The van der Waals surface area contributed by atoms with Gasteiger partial charge in [0.15, 0.2) is 17.3 Å². The Morgan fingerprint density at radius 2 is 1.68 bits per heavy atom. The summed E-state index contributed by atoms with van der Waals surface area (Å²) in [5, 5.41) is 8.94. The van der Waals surface area contributed by atoms with Crippen molar-refractivity contribution in [2.75, 3.05) is 29.0 Å². The molecule has 5 N–H and O–H groups in total. The van der Waals surface area contributed by atoms with Gasteiger partial charge in [-0.05, 0) is 50.7 Å². The summed E-state index contributed by atoms with van der Waals surface area (Å²) in [5.74, 6) is -3.45. The SMILES string of the molecule is NC(=O)C1CCC(n2c(Nc3c(F)cc(F)cc3F)nc3cnc(NC4CCCN(C(=O)Nc5ccccc5)C4)nc32)CC1. The van der Waals surface area contributed by atoms with Crippen LogP contribution in [0.2, 0.25) is 0 Å². The van der Waals surface area contributed by atoms with Crippen molar-refractivity contribution in [1.29, 1.82) is 0 Å². The van der Waals surface area contributed by atoms with Gasteiger partial charge in [0.05, 0.1) is 6.20 Å². The van der Waals surface area contributed by atoms with E-state index in [-0.39, 0.29) is 35.9 Å². The number of primary amides is 1. The molecule has 11 nitrogen and oxygen atoms in total. The highest BCUT2D eigenvalue weighted by atomic mass is 19.1. The van der Waals surface area contributed by atoms with Crippen LogP contribution in [0.25, 0.3) is 11.2 Å². The molecule has 4 aromatic rings. The minimum Gasteiger partial charge on any atom is -0.369 e. The summed E-state index contributed by atoms with van der Waals surface area (Å²) in [6.07, 6.45) is 5.29. The van der Waals surface area contributed by atoms with Crippen molar-refractivity contribution in [3.05, 3.63) is 66.1 Å². The second-order valence-electron chi connectivity index (χ2n) is 11.2. The number of aromatic nitrogens is 4. The summed E-state index contributed by atoms with van der Waals surface area (Å²) < 4.78 is 44.5. The van der Waals surface area contributed by atoms with Gasteiger partial charge in [-0.3, -0.25) is 9.36 Å². The highest BCUT2D eigenvalue weighted by Crippen LogP contribution is 2.37. The van der Waals surface area contributed by atoms with Gasteiger partial charge in [0, 0.05) is 48.9 Å². The van der Waals surface area contributed by atoms with Gasteiger partial charge in [-0.25, -0.2) is 27.9 Å². The summed E-state index contributed by atoms with van der Waals surface area (Å²) in [4.78, 5) is 40.1. The number of para-hydroxylation sites is 1. The molecule has 0 spiro atoms. The molecule has 1 aliphatic carbocycles. The lowest BCUT2D eigenvalue weighted by atomic mass is 9.85. The molecule has 0 bridgehead atoms. The number of imidazole rings is 1. The van der Waals surface area contributed by atoms with Crippen LogP contribution in [0.1, 0.15) is 44.6 Å². The predicted molar refractivity (Wildman–Crippen MR) is 159 cm³/mol. The number of amides is 3. The Morgan fingerprint density at radius 3 is 2.39 bits per heavy atom. The first-order valence-electron chi connectivity index (χ1n) is 14.6. The zero-order valence-corrected chi connectivity index (χ0v) is 23.8. The van der Waals surface area contributed by atoms with E-state index in [1.54, 1.807) is 9.47 Å². The molecule has 1 saturated heterocycles. The van der Waals surface area contributed by atoms with Crippen molar-refractivity contribution >= 4 is 46.4 Å². The van der Waals surface area contributed by atoms with Crippen LogP contribution in [0.5, 0.6) is 0 Å². The number of nitrogens with two attached hydrogens (primary N) is 1. The minimum absolute atomic E-state index is 0.111. The predicted octanol–water partition coefficient (Wildman–Crippen LogP) is 5.31. The third kappa shape index (κ3) is 6.24. The fourth-order valence-corrected chi connectivity index (χ4v) is 5.97. The van der Waals surface area contributed by atoms with E-state index < -0.39 is 23.1 Å². The van der Waals surface area contributed by atoms with Crippen molar-refractivity contribution in [1.82, 2.24) is 24.4 Å². The quantitative estimate of drug-likeness (QED) is 0.223. The number of nitrogens with one attached hydrogen (secondary N) is 3. The van der Waals surface area contributed by atoms with Crippen molar-refractivity contribution < 1.29 is 22.8 Å². The Morgan fingerprint density at radius 1 is 0.955 bits per heavy atom. The maximum Gasteiger partial charge on any atom is 0.321 e. The zero-order chi connectivity index (χ0) is 30.8. The van der Waals surface area contributed by atoms with Gasteiger partial charge in [-0.2, -0.15) is 4.98 Å². The van der Waals surface area contributed by atoms with Crippen LogP contribution in [0.3, 0.4) is 0 Å². The van der Waals surface area contributed by atoms with Crippen molar-refractivity contribution in [3.8, 4) is 0 Å². The summed E-state index contributed by atoms with van der Waals surface area (Å²) in [7, 11) is 0. The normalized spacial score (nSPS) is 20.3. The lowest BCUT2D eigenvalue weighted by Gasteiger charge is -2.33. The lowest BCUT2D eigenvalue weighted by molar-refractivity contribution is -0.122. The maximum absolute atomic E-state index is 14.6. The van der Waals surface area contributed by atoms with Gasteiger partial charge in [0.1, 0.15) is 17.0 Å². The van der Waals surface area contributed by atoms with Crippen LogP contribution in [-0.4, -0.2) is 55.5 Å². The van der Waals surface area contributed by atoms with Crippen LogP contribution in [0, 0.1) is 23.4 Å². The largest absolute Gasteiger partial charge is 0.369 e. The Kier molecular flexibility index (Phi) is 8.22. The van der Waals surface area contributed by atoms with Crippen LogP contribution >= 0.6 is 0 Å². The van der Waals surface area contributed by atoms with Crippen LogP contribution in [0.15, 0.2) is 48.7 Å². The number of hydrogen-bond donors (Lipinski definition) is 4. The number of anilines is 4. The van der Waals surface area contributed by atoms with E-state index in [9.17, 15) is 22.8 Å². The van der Waals surface area contributed by atoms with E-state index in [0.717, 1.165) is 12.8 Å². The number of likely N-dealkylation sites (tertiary alicyclic amines) is 1. The van der Waals surface area contributed by atoms with Crippen molar-refractivity contribution in [2.45, 2.75) is 50.6 Å². The average Bonchev–Trinajstić information content (AvgIpc) is 3.37. The van der Waals surface area contributed by atoms with Gasteiger partial charge in [0.25, 0.3) is 0 Å². The molecule has 14 heteroatoms. The number of urea groups is 1. The van der Waals surface area contributed by atoms with E-state index in [0.29, 0.717) is 73.7 Å². The van der Waals surface area contributed by atoms with Crippen molar-refractivity contribution in [2.24, 2.45) is 11.7 Å². The van der Waals surface area contributed by atoms with E-state index in [1.165, 1.54) is 6.20 Å². The fourth-order valence-electron chi connectivity index (χ4n) is 5.97. The third-order valence-electron chi connectivity index (χ3n) is 8.21. The number of fused-ring (bicyclic) bond motifs is 1. The number of carbonyl (C=O) groups excluding carboxylic acids is 2. The molecule has 0 radical (unpaired) electrons. The first-order valence-corrected chi connectivity index (χ1v) is 14.6. The zero-order valence-electron chi connectivity index (χ0n) is 23.8. The monoisotopic (exact) mass is 607 g/mol. The van der Waals surface area contributed by atoms with E-state index in [2.05, 4.69) is 25.9 Å². The average molecular weight is 608 g/mol. The lowest BCUT2D eigenvalue weighted by Crippen LogP contribution is -2.47. The Hall–Kier alpha value is -4.88.